The molecule has 0 spiro atoms. The van der Waals surface area contributed by atoms with E-state index >= 15 is 0 Å². The Morgan fingerprint density at radius 1 is 1.07 bits per heavy atom. The summed E-state index contributed by atoms with van der Waals surface area (Å²) in [4.78, 5) is 19.3. The maximum Gasteiger partial charge on any atom is 0.253 e. The van der Waals surface area contributed by atoms with Crippen LogP contribution in [0.1, 0.15) is 29.6 Å². The summed E-state index contributed by atoms with van der Waals surface area (Å²) in [5.74, 6) is 0.877. The molecule has 0 unspecified atom stereocenters. The summed E-state index contributed by atoms with van der Waals surface area (Å²) in [6.45, 7) is 2.78. The molecule has 1 amide bonds. The van der Waals surface area contributed by atoms with Crippen molar-refractivity contribution in [1.82, 2.24) is 19.8 Å². The smallest absolute Gasteiger partial charge is 0.253 e. The number of carbonyl (C=O) groups is 1. The van der Waals surface area contributed by atoms with Gasteiger partial charge in [-0.25, -0.2) is 4.98 Å². The van der Waals surface area contributed by atoms with E-state index in [0.717, 1.165) is 60.7 Å². The van der Waals surface area contributed by atoms with Gasteiger partial charge in [0.2, 0.25) is 0 Å². The number of benzene rings is 2. The summed E-state index contributed by atoms with van der Waals surface area (Å²) in [5.41, 5.74) is 3.82. The molecule has 0 saturated carbocycles. The molecule has 2 heterocycles. The third-order valence-corrected chi connectivity index (χ3v) is 5.55. The summed E-state index contributed by atoms with van der Waals surface area (Å²) in [5, 5.41) is 3.22. The van der Waals surface area contributed by atoms with Crippen LogP contribution in [0, 0.1) is 5.92 Å². The lowest BCUT2D eigenvalue weighted by molar-refractivity contribution is 0.0687. The number of piperidine rings is 1. The largest absolute Gasteiger partial charge is 0.339 e. The Kier molecular flexibility index (Phi) is 8.50. The van der Waals surface area contributed by atoms with Crippen LogP contribution in [0.15, 0.2) is 54.9 Å². The first-order valence-electron chi connectivity index (χ1n) is 9.72. The topological polar surface area (TPSA) is 50.2 Å². The average molecular weight is 435 g/mol. The molecule has 7 heteroatoms. The molecule has 0 atom stereocenters. The highest BCUT2D eigenvalue weighted by Crippen LogP contribution is 2.23. The molecular formula is C22H28Cl2N4O. The molecule has 1 aliphatic rings. The van der Waals surface area contributed by atoms with Crippen molar-refractivity contribution in [1.29, 1.82) is 0 Å². The van der Waals surface area contributed by atoms with Gasteiger partial charge >= 0.3 is 0 Å². The van der Waals surface area contributed by atoms with E-state index in [1.54, 1.807) is 0 Å². The fourth-order valence-electron chi connectivity index (χ4n) is 3.89. The van der Waals surface area contributed by atoms with E-state index in [4.69, 9.17) is 0 Å². The molecule has 2 aromatic carbocycles. The van der Waals surface area contributed by atoms with Gasteiger partial charge in [0.1, 0.15) is 6.33 Å². The second kappa shape index (κ2) is 10.6. The number of rotatable bonds is 5. The number of nitrogens with zero attached hydrogens (tertiary/aromatic N) is 3. The van der Waals surface area contributed by atoms with Crippen molar-refractivity contribution < 1.29 is 4.79 Å². The van der Waals surface area contributed by atoms with E-state index in [2.05, 4.69) is 20.9 Å². The Morgan fingerprint density at radius 3 is 2.45 bits per heavy atom. The number of para-hydroxylation sites is 2. The number of fused-ring (bicyclic) bond motifs is 1. The number of hydrogen-bond acceptors (Lipinski definition) is 3. The first-order valence-corrected chi connectivity index (χ1v) is 9.72. The number of likely N-dealkylation sites (tertiary alicyclic amines) is 1. The van der Waals surface area contributed by atoms with Crippen LogP contribution in [-0.4, -0.2) is 47.0 Å². The molecule has 29 heavy (non-hydrogen) atoms. The van der Waals surface area contributed by atoms with E-state index in [0.29, 0.717) is 0 Å². The Labute approximate surface area is 184 Å². The van der Waals surface area contributed by atoms with E-state index in [1.165, 1.54) is 6.42 Å². The van der Waals surface area contributed by atoms with Gasteiger partial charge in [-0.15, -0.1) is 24.8 Å². The van der Waals surface area contributed by atoms with Crippen LogP contribution in [0.3, 0.4) is 0 Å². The quantitative estimate of drug-likeness (QED) is 0.649. The van der Waals surface area contributed by atoms with Gasteiger partial charge in [0.05, 0.1) is 11.0 Å². The minimum atomic E-state index is 0. The van der Waals surface area contributed by atoms with E-state index in [-0.39, 0.29) is 30.7 Å². The second-order valence-electron chi connectivity index (χ2n) is 7.28. The van der Waals surface area contributed by atoms with E-state index in [9.17, 15) is 4.79 Å². The molecule has 156 valence electrons. The summed E-state index contributed by atoms with van der Waals surface area (Å²) in [7, 11) is 1.99. The second-order valence-corrected chi connectivity index (χ2v) is 7.28. The molecule has 4 rings (SSSR count). The highest BCUT2D eigenvalue weighted by molar-refractivity contribution is 5.94. The third kappa shape index (κ3) is 5.10. The maximum atomic E-state index is 12.8. The van der Waals surface area contributed by atoms with Gasteiger partial charge in [-0.05, 0) is 75.2 Å². The fourth-order valence-corrected chi connectivity index (χ4v) is 3.89. The van der Waals surface area contributed by atoms with Crippen molar-refractivity contribution in [2.75, 3.05) is 26.7 Å². The summed E-state index contributed by atoms with van der Waals surface area (Å²) in [6.07, 6.45) is 5.24. The predicted molar refractivity (Wildman–Crippen MR) is 123 cm³/mol. The molecule has 3 aromatic rings. The molecule has 0 bridgehead atoms. The highest BCUT2D eigenvalue weighted by Gasteiger charge is 2.23. The van der Waals surface area contributed by atoms with Gasteiger partial charge in [-0.3, -0.25) is 9.36 Å². The fraction of sp³-hybridized carbons (Fsp3) is 0.364. The van der Waals surface area contributed by atoms with Crippen LogP contribution in [0.2, 0.25) is 0 Å². The lowest BCUT2D eigenvalue weighted by Gasteiger charge is -2.32. The molecule has 1 saturated heterocycles. The van der Waals surface area contributed by atoms with Gasteiger partial charge in [0.15, 0.2) is 0 Å². The molecule has 5 nitrogen and oxygen atoms in total. The monoisotopic (exact) mass is 434 g/mol. The number of nitrogens with one attached hydrogen (secondary N) is 1. The minimum Gasteiger partial charge on any atom is -0.339 e. The molecule has 1 aliphatic heterocycles. The third-order valence-electron chi connectivity index (χ3n) is 5.55. The first-order chi connectivity index (χ1) is 13.3. The molecule has 1 aromatic heterocycles. The van der Waals surface area contributed by atoms with Crippen LogP contribution in [0.25, 0.3) is 16.7 Å². The number of halogens is 2. The van der Waals surface area contributed by atoms with Crippen molar-refractivity contribution in [2.24, 2.45) is 5.92 Å². The highest BCUT2D eigenvalue weighted by atomic mass is 35.5. The number of aromatic nitrogens is 2. The van der Waals surface area contributed by atoms with Crippen LogP contribution in [-0.2, 0) is 0 Å². The molecular weight excluding hydrogens is 407 g/mol. The van der Waals surface area contributed by atoms with Crippen molar-refractivity contribution >= 4 is 41.8 Å². The zero-order valence-electron chi connectivity index (χ0n) is 16.6. The van der Waals surface area contributed by atoms with Gasteiger partial charge in [-0.1, -0.05) is 12.1 Å². The van der Waals surface area contributed by atoms with Crippen LogP contribution >= 0.6 is 24.8 Å². The van der Waals surface area contributed by atoms with E-state index in [1.807, 2.05) is 60.7 Å². The van der Waals surface area contributed by atoms with Crippen molar-refractivity contribution in [2.45, 2.75) is 19.3 Å². The first kappa shape index (κ1) is 23.2. The maximum absolute atomic E-state index is 12.8. The number of carbonyl (C=O) groups excluding carboxylic acids is 1. The zero-order valence-corrected chi connectivity index (χ0v) is 18.2. The number of hydrogen-bond donors (Lipinski definition) is 1. The zero-order chi connectivity index (χ0) is 18.6. The van der Waals surface area contributed by atoms with Gasteiger partial charge in [0, 0.05) is 24.3 Å². The Bertz CT molecular complexity index is 918. The summed E-state index contributed by atoms with van der Waals surface area (Å²) >= 11 is 0. The van der Waals surface area contributed by atoms with Crippen LogP contribution in [0.5, 0.6) is 0 Å². The van der Waals surface area contributed by atoms with Gasteiger partial charge < -0.3 is 10.2 Å². The van der Waals surface area contributed by atoms with Crippen LogP contribution in [0.4, 0.5) is 0 Å². The predicted octanol–water partition coefficient (Wildman–Crippen LogP) is 4.33. The SMILES string of the molecule is CNCCC1CCN(C(=O)c2ccc(-n3cnc4ccccc43)cc2)CC1.Cl.Cl. The van der Waals surface area contributed by atoms with Gasteiger partial charge in [-0.2, -0.15) is 0 Å². The van der Waals surface area contributed by atoms with Crippen molar-refractivity contribution in [3.63, 3.8) is 0 Å². The van der Waals surface area contributed by atoms with Gasteiger partial charge in [0.25, 0.3) is 5.91 Å². The summed E-state index contributed by atoms with van der Waals surface area (Å²) in [6, 6.07) is 15.9. The normalized spacial score (nSPS) is 14.3. The lowest BCUT2D eigenvalue weighted by atomic mass is 9.93. The summed E-state index contributed by atoms with van der Waals surface area (Å²) < 4.78 is 2.05. The molecule has 0 aliphatic carbocycles. The molecule has 1 N–H and O–H groups in total. The molecule has 0 radical (unpaired) electrons. The Hall–Kier alpha value is -2.08. The standard InChI is InChI=1S/C22H26N4O.2ClH/c1-23-13-10-17-11-14-25(15-12-17)22(27)18-6-8-19(9-7-18)26-16-24-20-4-2-3-5-21(20)26;;/h2-9,16-17,23H,10-15H2,1H3;2*1H. The Morgan fingerprint density at radius 2 is 1.76 bits per heavy atom. The number of imidazole rings is 1. The number of amides is 1. The molecule has 1 fully saturated rings. The van der Waals surface area contributed by atoms with Crippen LogP contribution < -0.4 is 5.32 Å². The lowest BCUT2D eigenvalue weighted by Crippen LogP contribution is -2.38. The average Bonchev–Trinajstić information content (AvgIpc) is 3.16. The minimum absolute atomic E-state index is 0. The van der Waals surface area contributed by atoms with Crippen molar-refractivity contribution in [3.05, 3.63) is 60.4 Å². The van der Waals surface area contributed by atoms with E-state index < -0.39 is 0 Å². The Balaban J connectivity index is 0.00000150. The van der Waals surface area contributed by atoms with Crippen molar-refractivity contribution in [3.8, 4) is 5.69 Å².